The van der Waals surface area contributed by atoms with Crippen LogP contribution in [0.3, 0.4) is 0 Å². The topological polar surface area (TPSA) is 52.6 Å². The molecule has 3 heterocycles. The average Bonchev–Trinajstić information content (AvgIpc) is 3.35. The van der Waals surface area contributed by atoms with E-state index >= 15 is 0 Å². The maximum absolute atomic E-state index is 4.80. The maximum atomic E-state index is 4.80. The normalized spacial score (nSPS) is 20.6. The first kappa shape index (κ1) is 25.5. The highest BCUT2D eigenvalue weighted by Gasteiger charge is 2.31. The number of aromatic nitrogens is 1. The van der Waals surface area contributed by atoms with E-state index in [1.165, 1.54) is 29.3 Å². The summed E-state index contributed by atoms with van der Waals surface area (Å²) in [6.07, 6.45) is 2.51. The summed E-state index contributed by atoms with van der Waals surface area (Å²) < 4.78 is 0. The standard InChI is InChI=1S/C22H35N5S2.HI/c1-6-23-21(25-14-17-15-29-20(26-17)22(2,3)4)24-13-16-9-7-11-27(5)19(16)18-10-8-12-28-18;/h8,10,12,15-16,19H,6-7,9,11,13-14H2,1-5H3,(H2,23,24,25);1H. The number of likely N-dealkylation sites (tertiary alicyclic amines) is 1. The summed E-state index contributed by atoms with van der Waals surface area (Å²) in [7, 11) is 2.25. The van der Waals surface area contributed by atoms with Gasteiger partial charge in [0.1, 0.15) is 0 Å². The van der Waals surface area contributed by atoms with Crippen molar-refractivity contribution in [2.75, 3.05) is 26.7 Å². The van der Waals surface area contributed by atoms with Gasteiger partial charge >= 0.3 is 0 Å². The van der Waals surface area contributed by atoms with Crippen LogP contribution in [0.25, 0.3) is 0 Å². The number of nitrogens with zero attached hydrogens (tertiary/aromatic N) is 3. The number of halogens is 1. The van der Waals surface area contributed by atoms with E-state index in [4.69, 9.17) is 9.98 Å². The lowest BCUT2D eigenvalue weighted by Gasteiger charge is -2.39. The highest BCUT2D eigenvalue weighted by atomic mass is 127. The molecule has 0 aromatic carbocycles. The summed E-state index contributed by atoms with van der Waals surface area (Å²) in [5.74, 6) is 1.47. The van der Waals surface area contributed by atoms with Crippen molar-refractivity contribution in [2.45, 2.75) is 58.5 Å². The molecule has 5 nitrogen and oxygen atoms in total. The number of guanidine groups is 1. The molecule has 2 aromatic heterocycles. The van der Waals surface area contributed by atoms with Crippen LogP contribution in [0.5, 0.6) is 0 Å². The van der Waals surface area contributed by atoms with Crippen molar-refractivity contribution in [1.82, 2.24) is 20.5 Å². The molecule has 0 saturated carbocycles. The summed E-state index contributed by atoms with van der Waals surface area (Å²) in [4.78, 5) is 13.5. The molecular formula is C22H36IN5S2. The van der Waals surface area contributed by atoms with Crippen molar-refractivity contribution in [3.05, 3.63) is 38.5 Å². The fourth-order valence-electron chi connectivity index (χ4n) is 3.84. The molecular weight excluding hydrogens is 525 g/mol. The van der Waals surface area contributed by atoms with Gasteiger partial charge in [0.05, 0.1) is 17.2 Å². The Labute approximate surface area is 206 Å². The van der Waals surface area contributed by atoms with E-state index in [0.717, 1.165) is 24.7 Å². The van der Waals surface area contributed by atoms with E-state index in [0.29, 0.717) is 18.5 Å². The van der Waals surface area contributed by atoms with Crippen LogP contribution < -0.4 is 10.6 Å². The molecule has 8 heteroatoms. The lowest BCUT2D eigenvalue weighted by Crippen LogP contribution is -2.44. The highest BCUT2D eigenvalue weighted by Crippen LogP contribution is 2.36. The Balaban J connectivity index is 0.00000320. The summed E-state index contributed by atoms with van der Waals surface area (Å²) in [5.41, 5.74) is 1.14. The smallest absolute Gasteiger partial charge is 0.191 e. The SMILES string of the molecule is CCNC(=NCc1csc(C(C)(C)C)n1)NCC1CCCN(C)C1c1cccs1.I. The Kier molecular flexibility index (Phi) is 10.0. The van der Waals surface area contributed by atoms with Gasteiger partial charge in [-0.1, -0.05) is 26.8 Å². The number of hydrogen-bond donors (Lipinski definition) is 2. The van der Waals surface area contributed by atoms with Gasteiger partial charge in [-0.3, -0.25) is 4.90 Å². The van der Waals surface area contributed by atoms with Gasteiger partial charge in [-0.2, -0.15) is 0 Å². The average molecular weight is 562 g/mol. The fraction of sp³-hybridized carbons (Fsp3) is 0.636. The van der Waals surface area contributed by atoms with Crippen LogP contribution in [0.2, 0.25) is 0 Å². The zero-order chi connectivity index (χ0) is 20.9. The second-order valence-electron chi connectivity index (χ2n) is 8.81. The molecule has 0 amide bonds. The quantitative estimate of drug-likeness (QED) is 0.287. The molecule has 30 heavy (non-hydrogen) atoms. The van der Waals surface area contributed by atoms with E-state index in [1.54, 1.807) is 11.3 Å². The van der Waals surface area contributed by atoms with Gasteiger partial charge in [-0.25, -0.2) is 9.98 Å². The van der Waals surface area contributed by atoms with Gasteiger partial charge in [-0.15, -0.1) is 46.7 Å². The molecule has 0 aliphatic carbocycles. The lowest BCUT2D eigenvalue weighted by atomic mass is 9.88. The van der Waals surface area contributed by atoms with Gasteiger partial charge in [0.2, 0.25) is 0 Å². The Morgan fingerprint density at radius 1 is 1.30 bits per heavy atom. The predicted octanol–water partition coefficient (Wildman–Crippen LogP) is 5.26. The molecule has 3 rings (SSSR count). The summed E-state index contributed by atoms with van der Waals surface area (Å²) in [6, 6.07) is 4.93. The van der Waals surface area contributed by atoms with Gasteiger partial charge < -0.3 is 10.6 Å². The third-order valence-corrected chi connectivity index (χ3v) is 7.57. The lowest BCUT2D eigenvalue weighted by molar-refractivity contribution is 0.125. The third kappa shape index (κ3) is 6.90. The predicted molar refractivity (Wildman–Crippen MR) is 141 cm³/mol. The van der Waals surface area contributed by atoms with Gasteiger partial charge in [-0.05, 0) is 50.7 Å². The fourth-order valence-corrected chi connectivity index (χ4v) is 5.72. The number of hydrogen-bond acceptors (Lipinski definition) is 5. The molecule has 168 valence electrons. The van der Waals surface area contributed by atoms with Crippen LogP contribution in [-0.4, -0.2) is 42.5 Å². The molecule has 2 aromatic rings. The zero-order valence-electron chi connectivity index (χ0n) is 18.8. The number of aliphatic imine (C=N–C) groups is 1. The molecule has 1 aliphatic heterocycles. The summed E-state index contributed by atoms with van der Waals surface area (Å²) in [6.45, 7) is 12.3. The maximum Gasteiger partial charge on any atom is 0.191 e. The first-order chi connectivity index (χ1) is 13.9. The molecule has 2 atom stereocenters. The number of nitrogens with one attached hydrogen (secondary N) is 2. The number of piperidine rings is 1. The van der Waals surface area contributed by atoms with E-state index in [1.807, 2.05) is 11.3 Å². The van der Waals surface area contributed by atoms with E-state index < -0.39 is 0 Å². The Hall–Kier alpha value is -0.710. The van der Waals surface area contributed by atoms with Crippen molar-refractivity contribution in [3.8, 4) is 0 Å². The Morgan fingerprint density at radius 3 is 2.73 bits per heavy atom. The zero-order valence-corrected chi connectivity index (χ0v) is 22.7. The van der Waals surface area contributed by atoms with E-state index in [-0.39, 0.29) is 29.4 Å². The molecule has 1 saturated heterocycles. The first-order valence-corrected chi connectivity index (χ1v) is 12.3. The Bertz CT molecular complexity index is 782. The minimum atomic E-state index is 0. The minimum absolute atomic E-state index is 0. The van der Waals surface area contributed by atoms with Gasteiger partial charge in [0.25, 0.3) is 0 Å². The van der Waals surface area contributed by atoms with Gasteiger partial charge in [0, 0.05) is 34.8 Å². The van der Waals surface area contributed by atoms with Crippen molar-refractivity contribution in [2.24, 2.45) is 10.9 Å². The van der Waals surface area contributed by atoms with Crippen LogP contribution in [0.4, 0.5) is 0 Å². The van der Waals surface area contributed by atoms with E-state index in [9.17, 15) is 0 Å². The first-order valence-electron chi connectivity index (χ1n) is 10.6. The van der Waals surface area contributed by atoms with Crippen molar-refractivity contribution < 1.29 is 0 Å². The Morgan fingerprint density at radius 2 is 2.10 bits per heavy atom. The molecule has 0 bridgehead atoms. The van der Waals surface area contributed by atoms with Crippen molar-refractivity contribution in [1.29, 1.82) is 0 Å². The molecule has 0 radical (unpaired) electrons. The third-order valence-electron chi connectivity index (χ3n) is 5.31. The van der Waals surface area contributed by atoms with Crippen LogP contribution in [0.15, 0.2) is 27.9 Å². The van der Waals surface area contributed by atoms with Crippen LogP contribution in [-0.2, 0) is 12.0 Å². The van der Waals surface area contributed by atoms with Gasteiger partial charge in [0.15, 0.2) is 5.96 Å². The second kappa shape index (κ2) is 11.8. The highest BCUT2D eigenvalue weighted by molar-refractivity contribution is 14.0. The van der Waals surface area contributed by atoms with Crippen LogP contribution in [0, 0.1) is 5.92 Å². The number of thiophene rings is 1. The molecule has 2 N–H and O–H groups in total. The van der Waals surface area contributed by atoms with E-state index in [2.05, 4.69) is 73.2 Å². The van der Waals surface area contributed by atoms with Crippen LogP contribution in [0.1, 0.15) is 62.2 Å². The number of rotatable bonds is 6. The monoisotopic (exact) mass is 561 g/mol. The molecule has 1 aliphatic rings. The number of thiazole rings is 1. The summed E-state index contributed by atoms with van der Waals surface area (Å²) >= 11 is 3.60. The second-order valence-corrected chi connectivity index (χ2v) is 10.7. The van der Waals surface area contributed by atoms with Crippen LogP contribution >= 0.6 is 46.7 Å². The largest absolute Gasteiger partial charge is 0.357 e. The summed E-state index contributed by atoms with van der Waals surface area (Å²) in [5, 5.41) is 12.5. The van der Waals surface area contributed by atoms with Crippen molar-refractivity contribution >= 4 is 52.6 Å². The minimum Gasteiger partial charge on any atom is -0.357 e. The van der Waals surface area contributed by atoms with Crippen molar-refractivity contribution in [3.63, 3.8) is 0 Å². The molecule has 2 unspecified atom stereocenters. The molecule has 1 fully saturated rings. The molecule has 0 spiro atoms.